The molecule has 1 aliphatic rings. The van der Waals surface area contributed by atoms with E-state index in [2.05, 4.69) is 36.9 Å². The molecule has 154 valence electrons. The van der Waals surface area contributed by atoms with Gasteiger partial charge in [0.15, 0.2) is 6.61 Å². The van der Waals surface area contributed by atoms with Crippen molar-refractivity contribution in [1.29, 1.82) is 0 Å². The van der Waals surface area contributed by atoms with Crippen molar-refractivity contribution in [3.05, 3.63) is 59.2 Å². The molecule has 6 nitrogen and oxygen atoms in total. The van der Waals surface area contributed by atoms with Crippen molar-refractivity contribution >= 4 is 17.6 Å². The third kappa shape index (κ3) is 5.08. The van der Waals surface area contributed by atoms with E-state index in [0.717, 1.165) is 18.7 Å². The van der Waals surface area contributed by atoms with Crippen molar-refractivity contribution in [3.8, 4) is 5.75 Å². The normalized spacial score (nSPS) is 13.9. The molecule has 1 fully saturated rings. The second kappa shape index (κ2) is 9.45. The maximum absolute atomic E-state index is 12.4. The van der Waals surface area contributed by atoms with Crippen molar-refractivity contribution in [1.82, 2.24) is 4.90 Å². The molecule has 0 aromatic heterocycles. The Bertz CT molecular complexity index is 873. The summed E-state index contributed by atoms with van der Waals surface area (Å²) in [6.07, 6.45) is 0.0811. The van der Waals surface area contributed by atoms with E-state index >= 15 is 0 Å². The highest BCUT2D eigenvalue weighted by Crippen LogP contribution is 2.24. The third-order valence-corrected chi connectivity index (χ3v) is 5.43. The molecule has 0 bridgehead atoms. The summed E-state index contributed by atoms with van der Waals surface area (Å²) in [7, 11) is 1.56. The molecule has 2 aromatic rings. The summed E-state index contributed by atoms with van der Waals surface area (Å²) < 4.78 is 10.4. The van der Waals surface area contributed by atoms with E-state index < -0.39 is 5.97 Å². The molecule has 1 aliphatic heterocycles. The second-order valence-electron chi connectivity index (χ2n) is 7.24. The maximum Gasteiger partial charge on any atom is 0.310 e. The predicted octanol–water partition coefficient (Wildman–Crippen LogP) is 2.75. The number of esters is 1. The van der Waals surface area contributed by atoms with Gasteiger partial charge in [-0.2, -0.15) is 0 Å². The SMILES string of the molecule is COc1ccccc1CC(=O)OCC(=O)N1CCN(c2cccc(C)c2C)CC1. The quantitative estimate of drug-likeness (QED) is 0.703. The number of nitrogens with zero attached hydrogens (tertiary/aromatic N) is 2. The first kappa shape index (κ1) is 20.7. The number of carbonyl (C=O) groups is 2. The molecule has 0 N–H and O–H groups in total. The van der Waals surface area contributed by atoms with Crippen molar-refractivity contribution in [3.63, 3.8) is 0 Å². The van der Waals surface area contributed by atoms with Crippen molar-refractivity contribution in [2.24, 2.45) is 0 Å². The van der Waals surface area contributed by atoms with Gasteiger partial charge < -0.3 is 19.3 Å². The predicted molar refractivity (Wildman–Crippen MR) is 112 cm³/mol. The first-order valence-electron chi connectivity index (χ1n) is 9.86. The Morgan fingerprint density at radius 3 is 2.41 bits per heavy atom. The number of amides is 1. The Balaban J connectivity index is 1.47. The van der Waals surface area contributed by atoms with Gasteiger partial charge in [0.25, 0.3) is 5.91 Å². The van der Waals surface area contributed by atoms with Crippen LogP contribution in [0.25, 0.3) is 0 Å². The standard InChI is InChI=1S/C23H28N2O4/c1-17-7-6-9-20(18(17)2)24-11-13-25(14-12-24)22(26)16-29-23(27)15-19-8-4-5-10-21(19)28-3/h4-10H,11-16H2,1-3H3. The molecule has 1 amide bonds. The minimum Gasteiger partial charge on any atom is -0.496 e. The number of ether oxygens (including phenoxy) is 2. The fraction of sp³-hybridized carbons (Fsp3) is 0.391. The van der Waals surface area contributed by atoms with Gasteiger partial charge >= 0.3 is 5.97 Å². The first-order chi connectivity index (χ1) is 14.0. The lowest BCUT2D eigenvalue weighted by atomic mass is 10.1. The lowest BCUT2D eigenvalue weighted by Gasteiger charge is -2.37. The number of aryl methyl sites for hydroxylation is 1. The third-order valence-electron chi connectivity index (χ3n) is 5.43. The summed E-state index contributed by atoms with van der Waals surface area (Å²) in [5, 5.41) is 0. The second-order valence-corrected chi connectivity index (χ2v) is 7.24. The highest BCUT2D eigenvalue weighted by atomic mass is 16.5. The van der Waals surface area contributed by atoms with Crippen LogP contribution in [-0.2, 0) is 20.7 Å². The minimum atomic E-state index is -0.433. The van der Waals surface area contributed by atoms with Crippen LogP contribution >= 0.6 is 0 Å². The lowest BCUT2D eigenvalue weighted by molar-refractivity contribution is -0.151. The highest BCUT2D eigenvalue weighted by molar-refractivity contribution is 5.81. The Kier molecular flexibility index (Phi) is 6.75. The molecular formula is C23H28N2O4. The Labute approximate surface area is 172 Å². The largest absolute Gasteiger partial charge is 0.496 e. The van der Waals surface area contributed by atoms with E-state index in [1.54, 1.807) is 18.1 Å². The smallest absolute Gasteiger partial charge is 0.310 e. The fourth-order valence-corrected chi connectivity index (χ4v) is 3.56. The Hall–Kier alpha value is -3.02. The van der Waals surface area contributed by atoms with Gasteiger partial charge in [-0.1, -0.05) is 30.3 Å². The van der Waals surface area contributed by atoms with Crippen LogP contribution in [0.15, 0.2) is 42.5 Å². The molecular weight excluding hydrogens is 368 g/mol. The van der Waals surface area contributed by atoms with E-state index in [-0.39, 0.29) is 18.9 Å². The zero-order valence-corrected chi connectivity index (χ0v) is 17.3. The number of anilines is 1. The fourth-order valence-electron chi connectivity index (χ4n) is 3.56. The molecule has 6 heteroatoms. The van der Waals surface area contributed by atoms with E-state index in [0.29, 0.717) is 18.8 Å². The number of methoxy groups -OCH3 is 1. The van der Waals surface area contributed by atoms with Crippen LogP contribution in [-0.4, -0.2) is 56.7 Å². The van der Waals surface area contributed by atoms with Crippen LogP contribution < -0.4 is 9.64 Å². The summed E-state index contributed by atoms with van der Waals surface area (Å²) >= 11 is 0. The number of para-hydroxylation sites is 1. The van der Waals surface area contributed by atoms with Crippen LogP contribution in [0.5, 0.6) is 5.75 Å². The molecule has 0 aliphatic carbocycles. The Morgan fingerprint density at radius 1 is 0.966 bits per heavy atom. The van der Waals surface area contributed by atoms with E-state index in [4.69, 9.17) is 9.47 Å². The molecule has 0 atom stereocenters. The van der Waals surface area contributed by atoms with Crippen LogP contribution in [0.1, 0.15) is 16.7 Å². The highest BCUT2D eigenvalue weighted by Gasteiger charge is 2.23. The van der Waals surface area contributed by atoms with Gasteiger partial charge in [0, 0.05) is 37.4 Å². The Morgan fingerprint density at radius 2 is 1.69 bits per heavy atom. The average molecular weight is 396 g/mol. The minimum absolute atomic E-state index is 0.0811. The van der Waals surface area contributed by atoms with E-state index in [1.165, 1.54) is 16.8 Å². The molecule has 29 heavy (non-hydrogen) atoms. The summed E-state index contributed by atoms with van der Waals surface area (Å²) in [5.41, 5.74) is 4.51. The number of hydrogen-bond acceptors (Lipinski definition) is 5. The molecule has 0 unspecified atom stereocenters. The van der Waals surface area contributed by atoms with Gasteiger partial charge in [0.2, 0.25) is 0 Å². The van der Waals surface area contributed by atoms with Gasteiger partial charge in [-0.3, -0.25) is 9.59 Å². The van der Waals surface area contributed by atoms with Gasteiger partial charge in [0.05, 0.1) is 13.5 Å². The van der Waals surface area contributed by atoms with Gasteiger partial charge in [-0.05, 0) is 37.1 Å². The molecule has 0 spiro atoms. The number of carbonyl (C=O) groups excluding carboxylic acids is 2. The molecule has 1 saturated heterocycles. The molecule has 0 radical (unpaired) electrons. The van der Waals surface area contributed by atoms with Crippen molar-refractivity contribution in [2.75, 3.05) is 44.8 Å². The molecule has 2 aromatic carbocycles. The first-order valence-corrected chi connectivity index (χ1v) is 9.86. The molecule has 3 rings (SSSR count). The molecule has 1 heterocycles. The topological polar surface area (TPSA) is 59.1 Å². The zero-order chi connectivity index (χ0) is 20.8. The number of benzene rings is 2. The summed E-state index contributed by atoms with van der Waals surface area (Å²) in [6, 6.07) is 13.6. The molecule has 0 saturated carbocycles. The van der Waals surface area contributed by atoms with Crippen LogP contribution in [0.3, 0.4) is 0 Å². The zero-order valence-electron chi connectivity index (χ0n) is 17.3. The number of piperazine rings is 1. The number of rotatable bonds is 6. The summed E-state index contributed by atoms with van der Waals surface area (Å²) in [5.74, 6) is 0.0502. The van der Waals surface area contributed by atoms with Crippen LogP contribution in [0.4, 0.5) is 5.69 Å². The lowest BCUT2D eigenvalue weighted by Crippen LogP contribution is -2.50. The van der Waals surface area contributed by atoms with Crippen LogP contribution in [0.2, 0.25) is 0 Å². The van der Waals surface area contributed by atoms with Crippen LogP contribution in [0, 0.1) is 13.8 Å². The monoisotopic (exact) mass is 396 g/mol. The maximum atomic E-state index is 12.4. The van der Waals surface area contributed by atoms with Crippen molar-refractivity contribution in [2.45, 2.75) is 20.3 Å². The summed E-state index contributed by atoms with van der Waals surface area (Å²) in [4.78, 5) is 28.6. The average Bonchev–Trinajstić information content (AvgIpc) is 2.74. The van der Waals surface area contributed by atoms with Gasteiger partial charge in [-0.15, -0.1) is 0 Å². The van der Waals surface area contributed by atoms with Gasteiger partial charge in [-0.25, -0.2) is 0 Å². The summed E-state index contributed by atoms with van der Waals surface area (Å²) in [6.45, 7) is 6.79. The van der Waals surface area contributed by atoms with E-state index in [1.807, 2.05) is 18.2 Å². The van der Waals surface area contributed by atoms with E-state index in [9.17, 15) is 9.59 Å². The number of hydrogen-bond donors (Lipinski definition) is 0. The van der Waals surface area contributed by atoms with Gasteiger partial charge in [0.1, 0.15) is 5.75 Å². The van der Waals surface area contributed by atoms with Crippen molar-refractivity contribution < 1.29 is 19.1 Å².